The van der Waals surface area contributed by atoms with Crippen LogP contribution in [0.4, 0.5) is 5.82 Å². The molecule has 0 amide bonds. The fraction of sp³-hybridized carbons (Fsp3) is 0.571. The standard InChI is InChI=1S/C14H25N5O/c1-15-14(17-9-6-10-20-4)18-11-12-7-5-8-16-13(12)19(2)3/h5,7-8H,6,9-11H2,1-4H3,(H2,15,17,18). The van der Waals surface area contributed by atoms with Crippen LogP contribution in [0.25, 0.3) is 0 Å². The van der Waals surface area contributed by atoms with Gasteiger partial charge in [0.25, 0.3) is 0 Å². The molecule has 1 rings (SSSR count). The van der Waals surface area contributed by atoms with E-state index in [0.29, 0.717) is 6.54 Å². The minimum atomic E-state index is 0.686. The van der Waals surface area contributed by atoms with Gasteiger partial charge in [-0.15, -0.1) is 0 Å². The van der Waals surface area contributed by atoms with Gasteiger partial charge >= 0.3 is 0 Å². The van der Waals surface area contributed by atoms with Gasteiger partial charge in [0.15, 0.2) is 5.96 Å². The van der Waals surface area contributed by atoms with Crippen LogP contribution in [0, 0.1) is 0 Å². The van der Waals surface area contributed by atoms with Crippen molar-refractivity contribution in [3.8, 4) is 0 Å². The van der Waals surface area contributed by atoms with Gasteiger partial charge < -0.3 is 20.3 Å². The molecule has 2 N–H and O–H groups in total. The second-order valence-corrected chi connectivity index (χ2v) is 4.58. The molecular weight excluding hydrogens is 254 g/mol. The second kappa shape index (κ2) is 9.14. The first-order valence-electron chi connectivity index (χ1n) is 6.73. The number of nitrogens with zero attached hydrogens (tertiary/aromatic N) is 3. The number of aromatic nitrogens is 1. The van der Waals surface area contributed by atoms with Crippen molar-refractivity contribution in [1.82, 2.24) is 15.6 Å². The molecule has 20 heavy (non-hydrogen) atoms. The quantitative estimate of drug-likeness (QED) is 0.440. The molecule has 1 aromatic heterocycles. The lowest BCUT2D eigenvalue weighted by atomic mass is 10.2. The maximum Gasteiger partial charge on any atom is 0.191 e. The maximum atomic E-state index is 5.01. The predicted octanol–water partition coefficient (Wildman–Crippen LogP) is 0.849. The van der Waals surface area contributed by atoms with Crippen molar-refractivity contribution in [2.45, 2.75) is 13.0 Å². The number of hydrogen-bond acceptors (Lipinski definition) is 4. The normalized spacial score (nSPS) is 11.3. The SMILES string of the molecule is CN=C(NCCCOC)NCc1cccnc1N(C)C. The average molecular weight is 279 g/mol. The van der Waals surface area contributed by atoms with E-state index in [1.165, 1.54) is 0 Å². The van der Waals surface area contributed by atoms with Crippen LogP contribution in [0.2, 0.25) is 0 Å². The molecule has 0 fully saturated rings. The number of nitrogens with one attached hydrogen (secondary N) is 2. The monoisotopic (exact) mass is 279 g/mol. The van der Waals surface area contributed by atoms with Crippen molar-refractivity contribution in [1.29, 1.82) is 0 Å². The van der Waals surface area contributed by atoms with Gasteiger partial charge in [-0.3, -0.25) is 4.99 Å². The Labute approximate surface area is 121 Å². The molecule has 0 aromatic carbocycles. The molecular formula is C14H25N5O. The van der Waals surface area contributed by atoms with E-state index >= 15 is 0 Å². The Morgan fingerprint density at radius 1 is 1.40 bits per heavy atom. The molecule has 0 unspecified atom stereocenters. The zero-order valence-electron chi connectivity index (χ0n) is 12.8. The molecule has 0 radical (unpaired) electrons. The largest absolute Gasteiger partial charge is 0.385 e. The van der Waals surface area contributed by atoms with E-state index in [2.05, 4.69) is 26.7 Å². The summed E-state index contributed by atoms with van der Waals surface area (Å²) in [5.74, 6) is 1.75. The lowest BCUT2D eigenvalue weighted by Crippen LogP contribution is -2.37. The van der Waals surface area contributed by atoms with Gasteiger partial charge in [0, 0.05) is 59.7 Å². The molecule has 112 valence electrons. The summed E-state index contributed by atoms with van der Waals surface area (Å²) >= 11 is 0. The Balaban J connectivity index is 2.48. The fourth-order valence-corrected chi connectivity index (χ4v) is 1.79. The first-order chi connectivity index (χ1) is 9.69. The lowest BCUT2D eigenvalue weighted by molar-refractivity contribution is 0.195. The molecule has 0 aliphatic rings. The van der Waals surface area contributed by atoms with Crippen LogP contribution in [0.3, 0.4) is 0 Å². The summed E-state index contributed by atoms with van der Waals surface area (Å²) in [6, 6.07) is 4.01. The summed E-state index contributed by atoms with van der Waals surface area (Å²) in [6.07, 6.45) is 2.75. The Kier molecular flexibility index (Phi) is 7.42. The number of methoxy groups -OCH3 is 1. The van der Waals surface area contributed by atoms with Crippen molar-refractivity contribution < 1.29 is 4.74 Å². The third-order valence-electron chi connectivity index (χ3n) is 2.78. The predicted molar refractivity (Wildman–Crippen MR) is 83.3 cm³/mol. The molecule has 0 saturated heterocycles. The fourth-order valence-electron chi connectivity index (χ4n) is 1.79. The zero-order chi connectivity index (χ0) is 14.8. The van der Waals surface area contributed by atoms with Crippen LogP contribution in [0.15, 0.2) is 23.3 Å². The van der Waals surface area contributed by atoms with Gasteiger partial charge in [-0.05, 0) is 12.5 Å². The van der Waals surface area contributed by atoms with Crippen LogP contribution < -0.4 is 15.5 Å². The van der Waals surface area contributed by atoms with E-state index < -0.39 is 0 Å². The summed E-state index contributed by atoms with van der Waals surface area (Å²) in [5.41, 5.74) is 1.14. The highest BCUT2D eigenvalue weighted by Crippen LogP contribution is 2.13. The van der Waals surface area contributed by atoms with Gasteiger partial charge in [-0.2, -0.15) is 0 Å². The van der Waals surface area contributed by atoms with E-state index in [4.69, 9.17) is 4.74 Å². The Morgan fingerprint density at radius 3 is 2.85 bits per heavy atom. The van der Waals surface area contributed by atoms with Crippen LogP contribution in [-0.4, -0.2) is 52.3 Å². The van der Waals surface area contributed by atoms with Crippen LogP contribution in [-0.2, 0) is 11.3 Å². The minimum absolute atomic E-state index is 0.686. The lowest BCUT2D eigenvalue weighted by Gasteiger charge is -2.17. The van der Waals surface area contributed by atoms with E-state index in [-0.39, 0.29) is 0 Å². The van der Waals surface area contributed by atoms with Gasteiger partial charge in [-0.25, -0.2) is 4.98 Å². The number of rotatable bonds is 7. The Morgan fingerprint density at radius 2 is 2.20 bits per heavy atom. The average Bonchev–Trinajstić information content (AvgIpc) is 2.46. The Hall–Kier alpha value is -1.82. The van der Waals surface area contributed by atoms with Crippen LogP contribution >= 0.6 is 0 Å². The highest BCUT2D eigenvalue weighted by Gasteiger charge is 2.05. The van der Waals surface area contributed by atoms with E-state index in [1.54, 1.807) is 20.4 Å². The summed E-state index contributed by atoms with van der Waals surface area (Å²) in [4.78, 5) is 10.6. The number of ether oxygens (including phenoxy) is 1. The van der Waals surface area contributed by atoms with Crippen molar-refractivity contribution in [2.24, 2.45) is 4.99 Å². The topological polar surface area (TPSA) is 61.8 Å². The molecule has 0 saturated carbocycles. The first-order valence-corrected chi connectivity index (χ1v) is 6.73. The third-order valence-corrected chi connectivity index (χ3v) is 2.78. The molecule has 6 heteroatoms. The maximum absolute atomic E-state index is 5.01. The van der Waals surface area contributed by atoms with Gasteiger partial charge in [0.1, 0.15) is 5.82 Å². The zero-order valence-corrected chi connectivity index (χ0v) is 12.8. The van der Waals surface area contributed by atoms with Crippen molar-refractivity contribution in [3.05, 3.63) is 23.9 Å². The molecule has 1 heterocycles. The first kappa shape index (κ1) is 16.2. The summed E-state index contributed by atoms with van der Waals surface area (Å²) in [5, 5.41) is 6.54. The molecule has 0 aliphatic carbocycles. The number of pyridine rings is 1. The van der Waals surface area contributed by atoms with Crippen molar-refractivity contribution in [3.63, 3.8) is 0 Å². The van der Waals surface area contributed by atoms with Gasteiger partial charge in [0.2, 0.25) is 0 Å². The smallest absolute Gasteiger partial charge is 0.191 e. The number of guanidine groups is 1. The van der Waals surface area contributed by atoms with Crippen LogP contribution in [0.1, 0.15) is 12.0 Å². The molecule has 0 atom stereocenters. The summed E-state index contributed by atoms with van der Waals surface area (Å²) in [7, 11) is 7.45. The van der Waals surface area contributed by atoms with E-state index in [0.717, 1.165) is 36.9 Å². The molecule has 6 nitrogen and oxygen atoms in total. The number of hydrogen-bond donors (Lipinski definition) is 2. The van der Waals surface area contributed by atoms with Gasteiger partial charge in [0.05, 0.1) is 0 Å². The number of anilines is 1. The molecule has 0 bridgehead atoms. The van der Waals surface area contributed by atoms with Crippen molar-refractivity contribution >= 4 is 11.8 Å². The molecule has 1 aromatic rings. The van der Waals surface area contributed by atoms with E-state index in [1.807, 2.05) is 25.1 Å². The van der Waals surface area contributed by atoms with Crippen LogP contribution in [0.5, 0.6) is 0 Å². The second-order valence-electron chi connectivity index (χ2n) is 4.58. The number of aliphatic imine (C=N–C) groups is 1. The molecule has 0 spiro atoms. The third kappa shape index (κ3) is 5.44. The Bertz CT molecular complexity index is 420. The van der Waals surface area contributed by atoms with Gasteiger partial charge in [-0.1, -0.05) is 6.07 Å². The summed E-state index contributed by atoms with van der Waals surface area (Å²) < 4.78 is 5.01. The molecule has 0 aliphatic heterocycles. The highest BCUT2D eigenvalue weighted by molar-refractivity contribution is 5.79. The summed E-state index contributed by atoms with van der Waals surface area (Å²) in [6.45, 7) is 2.27. The van der Waals surface area contributed by atoms with E-state index in [9.17, 15) is 0 Å². The highest BCUT2D eigenvalue weighted by atomic mass is 16.5. The van der Waals surface area contributed by atoms with Crippen molar-refractivity contribution in [2.75, 3.05) is 46.3 Å². The minimum Gasteiger partial charge on any atom is -0.385 e.